The third kappa shape index (κ3) is 3.04. The first-order valence-corrected chi connectivity index (χ1v) is 6.52. The van der Waals surface area contributed by atoms with Gasteiger partial charge in [0.25, 0.3) is 5.56 Å². The number of nitrogens with one attached hydrogen (secondary N) is 1. The van der Waals surface area contributed by atoms with E-state index in [-0.39, 0.29) is 23.1 Å². The first-order chi connectivity index (χ1) is 9.70. The summed E-state index contributed by atoms with van der Waals surface area (Å²) >= 11 is 0. The van der Waals surface area contributed by atoms with Crippen LogP contribution in [0, 0.1) is 11.2 Å². The van der Waals surface area contributed by atoms with Gasteiger partial charge in [-0.1, -0.05) is 39.0 Å². The Labute approximate surface area is 120 Å². The third-order valence-electron chi connectivity index (χ3n) is 2.95. The van der Waals surface area contributed by atoms with Gasteiger partial charge in [-0.25, -0.2) is 9.18 Å². The number of rotatable bonds is 2. The average Bonchev–Trinajstić information content (AvgIpc) is 2.35. The molecule has 1 aromatic carbocycles. The van der Waals surface area contributed by atoms with Crippen LogP contribution in [-0.4, -0.2) is 14.7 Å². The van der Waals surface area contributed by atoms with E-state index < -0.39 is 22.9 Å². The molecule has 0 spiro atoms. The van der Waals surface area contributed by atoms with Crippen LogP contribution in [0.3, 0.4) is 0 Å². The molecule has 6 heteroatoms. The van der Waals surface area contributed by atoms with Crippen molar-refractivity contribution in [2.45, 2.75) is 27.3 Å². The van der Waals surface area contributed by atoms with Crippen molar-refractivity contribution in [1.29, 1.82) is 0 Å². The van der Waals surface area contributed by atoms with Crippen LogP contribution in [0.1, 0.15) is 20.8 Å². The van der Waals surface area contributed by atoms with Gasteiger partial charge in [-0.2, -0.15) is 0 Å². The van der Waals surface area contributed by atoms with Gasteiger partial charge in [0.05, 0.1) is 0 Å². The quantitative estimate of drug-likeness (QED) is 0.890. The molecule has 0 saturated heterocycles. The number of hydrogen-bond donors (Lipinski definition) is 2. The van der Waals surface area contributed by atoms with Gasteiger partial charge in [0.2, 0.25) is 5.88 Å². The highest BCUT2D eigenvalue weighted by molar-refractivity contribution is 5.67. The van der Waals surface area contributed by atoms with E-state index in [1.165, 1.54) is 18.2 Å². The number of aromatic amines is 1. The van der Waals surface area contributed by atoms with E-state index in [1.807, 2.05) is 20.8 Å². The maximum atomic E-state index is 13.9. The van der Waals surface area contributed by atoms with Crippen LogP contribution in [0.4, 0.5) is 4.39 Å². The Bertz CT molecular complexity index is 785. The van der Waals surface area contributed by atoms with Crippen LogP contribution in [0.2, 0.25) is 0 Å². The molecule has 2 N–H and O–H groups in total. The lowest BCUT2D eigenvalue weighted by atomic mass is 9.96. The summed E-state index contributed by atoms with van der Waals surface area (Å²) in [6.45, 7) is 5.84. The molecule has 0 atom stereocenters. The van der Waals surface area contributed by atoms with Gasteiger partial charge in [-0.15, -0.1) is 0 Å². The van der Waals surface area contributed by atoms with Gasteiger partial charge in [0, 0.05) is 12.1 Å². The maximum Gasteiger partial charge on any atom is 0.331 e. The van der Waals surface area contributed by atoms with Gasteiger partial charge >= 0.3 is 5.69 Å². The zero-order valence-electron chi connectivity index (χ0n) is 12.1. The lowest BCUT2D eigenvalue weighted by Gasteiger charge is -2.21. The Morgan fingerprint density at radius 3 is 2.43 bits per heavy atom. The highest BCUT2D eigenvalue weighted by Gasteiger charge is 2.21. The van der Waals surface area contributed by atoms with E-state index in [4.69, 9.17) is 0 Å². The van der Waals surface area contributed by atoms with Gasteiger partial charge in [0.15, 0.2) is 0 Å². The van der Waals surface area contributed by atoms with Gasteiger partial charge in [-0.05, 0) is 11.5 Å². The number of aromatic nitrogens is 2. The van der Waals surface area contributed by atoms with Crippen molar-refractivity contribution in [1.82, 2.24) is 9.55 Å². The molecule has 0 aliphatic heterocycles. The minimum atomic E-state index is -0.812. The van der Waals surface area contributed by atoms with Gasteiger partial charge in [-0.3, -0.25) is 14.3 Å². The van der Waals surface area contributed by atoms with Gasteiger partial charge < -0.3 is 5.11 Å². The molecule has 21 heavy (non-hydrogen) atoms. The molecule has 5 nitrogen and oxygen atoms in total. The second-order valence-electron chi connectivity index (χ2n) is 6.08. The van der Waals surface area contributed by atoms with Crippen molar-refractivity contribution in [2.24, 2.45) is 5.41 Å². The van der Waals surface area contributed by atoms with Crippen molar-refractivity contribution < 1.29 is 9.50 Å². The Morgan fingerprint density at radius 1 is 1.24 bits per heavy atom. The SMILES string of the molecule is CC(C)(C)Cn1c(O)c(-c2ccccc2F)c(=O)[nH]c1=O. The molecule has 2 aromatic rings. The van der Waals surface area contributed by atoms with Crippen molar-refractivity contribution >= 4 is 0 Å². The molecule has 0 fully saturated rings. The van der Waals surface area contributed by atoms with E-state index in [9.17, 15) is 19.1 Å². The fourth-order valence-corrected chi connectivity index (χ4v) is 2.09. The highest BCUT2D eigenvalue weighted by atomic mass is 19.1. The van der Waals surface area contributed by atoms with Crippen LogP contribution >= 0.6 is 0 Å². The summed E-state index contributed by atoms with van der Waals surface area (Å²) in [6, 6.07) is 5.60. The fourth-order valence-electron chi connectivity index (χ4n) is 2.09. The smallest absolute Gasteiger partial charge is 0.331 e. The number of hydrogen-bond acceptors (Lipinski definition) is 3. The topological polar surface area (TPSA) is 75.1 Å². The van der Waals surface area contributed by atoms with E-state index in [1.54, 1.807) is 6.07 Å². The van der Waals surface area contributed by atoms with E-state index >= 15 is 0 Å². The largest absolute Gasteiger partial charge is 0.494 e. The van der Waals surface area contributed by atoms with E-state index in [0.717, 1.165) is 4.57 Å². The number of benzene rings is 1. The Morgan fingerprint density at radius 2 is 1.86 bits per heavy atom. The minimum Gasteiger partial charge on any atom is -0.494 e. The number of H-pyrrole nitrogens is 1. The average molecular weight is 292 g/mol. The van der Waals surface area contributed by atoms with Gasteiger partial charge in [0.1, 0.15) is 11.4 Å². The van der Waals surface area contributed by atoms with Crippen molar-refractivity contribution in [2.75, 3.05) is 0 Å². The summed E-state index contributed by atoms with van der Waals surface area (Å²) in [5, 5.41) is 10.3. The second-order valence-corrected chi connectivity index (χ2v) is 6.08. The van der Waals surface area contributed by atoms with E-state index in [0.29, 0.717) is 0 Å². The maximum absolute atomic E-state index is 13.9. The predicted molar refractivity (Wildman–Crippen MR) is 77.8 cm³/mol. The molecule has 0 bridgehead atoms. The second kappa shape index (κ2) is 5.20. The lowest BCUT2D eigenvalue weighted by Crippen LogP contribution is -2.34. The first-order valence-electron chi connectivity index (χ1n) is 6.52. The minimum absolute atomic E-state index is 0.0427. The highest BCUT2D eigenvalue weighted by Crippen LogP contribution is 2.28. The Hall–Kier alpha value is -2.37. The molecule has 0 saturated carbocycles. The number of nitrogens with zero attached hydrogens (tertiary/aromatic N) is 1. The molecule has 112 valence electrons. The standard InChI is InChI=1S/C15H17FN2O3/c1-15(2,3)8-18-13(20)11(12(19)17-14(18)21)9-6-4-5-7-10(9)16/h4-7,20H,8H2,1-3H3,(H,17,19,21). The Kier molecular flexibility index (Phi) is 3.72. The molecular formula is C15H17FN2O3. The van der Waals surface area contributed by atoms with Crippen molar-refractivity contribution in [3.05, 3.63) is 50.9 Å². The van der Waals surface area contributed by atoms with E-state index in [2.05, 4.69) is 4.98 Å². The summed E-state index contributed by atoms with van der Waals surface area (Å²) in [4.78, 5) is 25.9. The monoisotopic (exact) mass is 292 g/mol. The molecule has 0 unspecified atom stereocenters. The normalized spacial score (nSPS) is 11.6. The zero-order valence-corrected chi connectivity index (χ0v) is 12.1. The predicted octanol–water partition coefficient (Wildman–Crippen LogP) is 2.09. The van der Waals surface area contributed by atoms with Crippen LogP contribution in [0.25, 0.3) is 11.1 Å². The molecule has 1 aromatic heterocycles. The summed E-state index contributed by atoms with van der Waals surface area (Å²) in [6.07, 6.45) is 0. The molecule has 2 rings (SSSR count). The number of halogens is 1. The first kappa shape index (κ1) is 15.0. The van der Waals surface area contributed by atoms with Crippen LogP contribution in [0.5, 0.6) is 5.88 Å². The molecule has 0 radical (unpaired) electrons. The molecule has 1 heterocycles. The molecular weight excluding hydrogens is 275 g/mol. The number of aromatic hydroxyl groups is 1. The van der Waals surface area contributed by atoms with Crippen molar-refractivity contribution in [3.8, 4) is 17.0 Å². The summed E-state index contributed by atoms with van der Waals surface area (Å²) < 4.78 is 14.9. The van der Waals surface area contributed by atoms with Crippen molar-refractivity contribution in [3.63, 3.8) is 0 Å². The third-order valence-corrected chi connectivity index (χ3v) is 2.95. The molecule has 0 aliphatic carbocycles. The van der Waals surface area contributed by atoms with Crippen LogP contribution in [-0.2, 0) is 6.54 Å². The fraction of sp³-hybridized carbons (Fsp3) is 0.333. The molecule has 0 aliphatic rings. The summed E-state index contributed by atoms with van der Waals surface area (Å²) in [5.74, 6) is -1.16. The van der Waals surface area contributed by atoms with Crippen LogP contribution < -0.4 is 11.2 Å². The summed E-state index contributed by atoms with van der Waals surface area (Å²) in [5.41, 5.74) is -2.11. The molecule has 0 amide bonds. The Balaban J connectivity index is 2.74. The zero-order chi connectivity index (χ0) is 15.8. The summed E-state index contributed by atoms with van der Waals surface area (Å²) in [7, 11) is 0. The van der Waals surface area contributed by atoms with Crippen LogP contribution in [0.15, 0.2) is 33.9 Å². The lowest BCUT2D eigenvalue weighted by molar-refractivity contribution is 0.301.